The van der Waals surface area contributed by atoms with E-state index in [1.54, 1.807) is 6.92 Å². The molecular weight excluding hydrogens is 210 g/mol. The second kappa shape index (κ2) is 3.74. The smallest absolute Gasteiger partial charge is 0.221 e. The molecule has 0 bridgehead atoms. The lowest BCUT2D eigenvalue weighted by Crippen LogP contribution is -2.07. The van der Waals surface area contributed by atoms with Crippen molar-refractivity contribution < 1.29 is 4.79 Å². The summed E-state index contributed by atoms with van der Waals surface area (Å²) in [5.41, 5.74) is 6.02. The number of amides is 1. The standard InChI is InChI=1S/C15H13NO/c1-10(17)16-15-8-4-7-13-12-6-3-2-5-11(12)9-14(13)15/h2-8H,9H2,1H3,(H,16,17). The van der Waals surface area contributed by atoms with E-state index in [1.165, 1.54) is 22.3 Å². The average molecular weight is 223 g/mol. The molecule has 2 aromatic carbocycles. The number of carbonyl (C=O) groups is 1. The van der Waals surface area contributed by atoms with Crippen molar-refractivity contribution >= 4 is 11.6 Å². The van der Waals surface area contributed by atoms with Crippen LogP contribution < -0.4 is 5.32 Å². The van der Waals surface area contributed by atoms with E-state index in [2.05, 4.69) is 35.6 Å². The van der Waals surface area contributed by atoms with Crippen molar-refractivity contribution in [3.05, 3.63) is 53.6 Å². The molecule has 2 aromatic rings. The minimum Gasteiger partial charge on any atom is -0.326 e. The Morgan fingerprint density at radius 2 is 1.82 bits per heavy atom. The first-order valence-electron chi connectivity index (χ1n) is 5.73. The van der Waals surface area contributed by atoms with Gasteiger partial charge in [0, 0.05) is 19.0 Å². The number of benzene rings is 2. The van der Waals surface area contributed by atoms with Gasteiger partial charge in [0.1, 0.15) is 0 Å². The summed E-state index contributed by atoms with van der Waals surface area (Å²) in [4.78, 5) is 11.2. The van der Waals surface area contributed by atoms with E-state index in [9.17, 15) is 4.79 Å². The molecule has 0 aromatic heterocycles. The summed E-state index contributed by atoms with van der Waals surface area (Å²) >= 11 is 0. The van der Waals surface area contributed by atoms with Crippen LogP contribution in [0.3, 0.4) is 0 Å². The number of carbonyl (C=O) groups excluding carboxylic acids is 1. The molecule has 1 aliphatic rings. The lowest BCUT2D eigenvalue weighted by molar-refractivity contribution is -0.114. The molecule has 0 atom stereocenters. The summed E-state index contributed by atoms with van der Waals surface area (Å²) in [5, 5.41) is 2.90. The molecule has 0 fully saturated rings. The number of fused-ring (bicyclic) bond motifs is 3. The van der Waals surface area contributed by atoms with Crippen molar-refractivity contribution in [2.24, 2.45) is 0 Å². The molecule has 84 valence electrons. The van der Waals surface area contributed by atoms with Crippen LogP contribution in [0.1, 0.15) is 18.1 Å². The highest BCUT2D eigenvalue weighted by Gasteiger charge is 2.20. The Bertz CT molecular complexity index is 602. The van der Waals surface area contributed by atoms with Gasteiger partial charge in [0.05, 0.1) is 0 Å². The molecule has 17 heavy (non-hydrogen) atoms. The zero-order valence-corrected chi connectivity index (χ0v) is 9.66. The number of anilines is 1. The van der Waals surface area contributed by atoms with Crippen LogP contribution in [0.25, 0.3) is 11.1 Å². The van der Waals surface area contributed by atoms with Crippen LogP contribution in [0.4, 0.5) is 5.69 Å². The third kappa shape index (κ3) is 1.62. The summed E-state index contributed by atoms with van der Waals surface area (Å²) in [6, 6.07) is 14.5. The molecule has 0 spiro atoms. The maximum absolute atomic E-state index is 11.2. The average Bonchev–Trinajstić information content (AvgIpc) is 2.68. The summed E-state index contributed by atoms with van der Waals surface area (Å²) in [6.07, 6.45) is 0.905. The van der Waals surface area contributed by atoms with Crippen LogP contribution in [0.15, 0.2) is 42.5 Å². The zero-order valence-electron chi connectivity index (χ0n) is 9.66. The van der Waals surface area contributed by atoms with Gasteiger partial charge in [-0.15, -0.1) is 0 Å². The molecule has 3 rings (SSSR count). The van der Waals surface area contributed by atoms with Gasteiger partial charge in [-0.05, 0) is 28.3 Å². The highest BCUT2D eigenvalue weighted by Crippen LogP contribution is 2.39. The molecule has 1 amide bonds. The van der Waals surface area contributed by atoms with Crippen LogP contribution in [0.2, 0.25) is 0 Å². The summed E-state index contributed by atoms with van der Waals surface area (Å²) in [5.74, 6) is -0.0191. The first-order chi connectivity index (χ1) is 8.25. The number of nitrogens with one attached hydrogen (secondary N) is 1. The topological polar surface area (TPSA) is 29.1 Å². The third-order valence-electron chi connectivity index (χ3n) is 3.16. The van der Waals surface area contributed by atoms with Gasteiger partial charge in [0.2, 0.25) is 5.91 Å². The number of hydrogen-bond donors (Lipinski definition) is 1. The quantitative estimate of drug-likeness (QED) is 0.674. The summed E-state index contributed by atoms with van der Waals surface area (Å²) < 4.78 is 0. The fourth-order valence-corrected chi connectivity index (χ4v) is 2.46. The molecular formula is C15H13NO. The minimum absolute atomic E-state index is 0.0191. The lowest BCUT2D eigenvalue weighted by Gasteiger charge is -2.08. The van der Waals surface area contributed by atoms with Gasteiger partial charge in [-0.25, -0.2) is 0 Å². The van der Waals surface area contributed by atoms with Crippen LogP contribution in [-0.4, -0.2) is 5.91 Å². The number of rotatable bonds is 1. The minimum atomic E-state index is -0.0191. The van der Waals surface area contributed by atoms with Crippen molar-refractivity contribution in [3.8, 4) is 11.1 Å². The predicted molar refractivity (Wildman–Crippen MR) is 69.0 cm³/mol. The summed E-state index contributed by atoms with van der Waals surface area (Å²) in [6.45, 7) is 1.54. The molecule has 0 radical (unpaired) electrons. The molecule has 0 aliphatic heterocycles. The van der Waals surface area contributed by atoms with E-state index in [0.717, 1.165) is 12.1 Å². The van der Waals surface area contributed by atoms with Crippen LogP contribution in [0.5, 0.6) is 0 Å². The fraction of sp³-hybridized carbons (Fsp3) is 0.133. The molecule has 1 N–H and O–H groups in total. The molecule has 1 aliphatic carbocycles. The molecule has 2 heteroatoms. The van der Waals surface area contributed by atoms with E-state index in [1.807, 2.05) is 12.1 Å². The van der Waals surface area contributed by atoms with Crippen LogP contribution in [-0.2, 0) is 11.2 Å². The van der Waals surface area contributed by atoms with Crippen molar-refractivity contribution in [2.45, 2.75) is 13.3 Å². The van der Waals surface area contributed by atoms with Crippen LogP contribution in [0, 0.1) is 0 Å². The predicted octanol–water partition coefficient (Wildman–Crippen LogP) is 3.22. The monoisotopic (exact) mass is 223 g/mol. The Hall–Kier alpha value is -2.09. The largest absolute Gasteiger partial charge is 0.326 e. The Labute approximate surface area is 100 Å². The SMILES string of the molecule is CC(=O)Nc1cccc2c1Cc1ccccc1-2. The second-order valence-corrected chi connectivity index (χ2v) is 4.35. The maximum Gasteiger partial charge on any atom is 0.221 e. The molecule has 0 saturated heterocycles. The van der Waals surface area contributed by atoms with E-state index in [-0.39, 0.29) is 5.91 Å². The van der Waals surface area contributed by atoms with Gasteiger partial charge in [-0.1, -0.05) is 36.4 Å². The van der Waals surface area contributed by atoms with Gasteiger partial charge < -0.3 is 5.32 Å². The van der Waals surface area contributed by atoms with Gasteiger partial charge in [0.15, 0.2) is 0 Å². The van der Waals surface area contributed by atoms with E-state index >= 15 is 0 Å². The zero-order chi connectivity index (χ0) is 11.8. The molecule has 0 saturated carbocycles. The first-order valence-corrected chi connectivity index (χ1v) is 5.73. The molecule has 2 nitrogen and oxygen atoms in total. The highest BCUT2D eigenvalue weighted by atomic mass is 16.1. The van der Waals surface area contributed by atoms with Crippen LogP contribution >= 0.6 is 0 Å². The fourth-order valence-electron chi connectivity index (χ4n) is 2.46. The lowest BCUT2D eigenvalue weighted by atomic mass is 10.1. The Morgan fingerprint density at radius 1 is 1.06 bits per heavy atom. The number of hydrogen-bond acceptors (Lipinski definition) is 1. The van der Waals surface area contributed by atoms with E-state index < -0.39 is 0 Å². The maximum atomic E-state index is 11.2. The van der Waals surface area contributed by atoms with Gasteiger partial charge in [-0.3, -0.25) is 4.79 Å². The first kappa shape index (κ1) is 10.1. The Morgan fingerprint density at radius 3 is 2.65 bits per heavy atom. The van der Waals surface area contributed by atoms with Crippen molar-refractivity contribution in [1.29, 1.82) is 0 Å². The second-order valence-electron chi connectivity index (χ2n) is 4.35. The van der Waals surface area contributed by atoms with Gasteiger partial charge >= 0.3 is 0 Å². The van der Waals surface area contributed by atoms with Gasteiger partial charge in [-0.2, -0.15) is 0 Å². The normalized spacial score (nSPS) is 11.8. The van der Waals surface area contributed by atoms with Crippen molar-refractivity contribution in [1.82, 2.24) is 0 Å². The molecule has 0 unspecified atom stereocenters. The van der Waals surface area contributed by atoms with Crippen molar-refractivity contribution in [2.75, 3.05) is 5.32 Å². The van der Waals surface area contributed by atoms with E-state index in [0.29, 0.717) is 0 Å². The molecule has 0 heterocycles. The third-order valence-corrected chi connectivity index (χ3v) is 3.16. The summed E-state index contributed by atoms with van der Waals surface area (Å²) in [7, 11) is 0. The van der Waals surface area contributed by atoms with E-state index in [4.69, 9.17) is 0 Å². The Kier molecular flexibility index (Phi) is 2.22. The highest BCUT2D eigenvalue weighted by molar-refractivity contribution is 5.92. The van der Waals surface area contributed by atoms with Crippen molar-refractivity contribution in [3.63, 3.8) is 0 Å². The van der Waals surface area contributed by atoms with Gasteiger partial charge in [0.25, 0.3) is 0 Å². The Balaban J connectivity index is 2.14.